The molecule has 3 rings (SSSR count). The summed E-state index contributed by atoms with van der Waals surface area (Å²) in [6.07, 6.45) is 30.2. The number of H-pyrrole nitrogens is 1. The maximum atomic E-state index is 6.53. The average molecular weight is 845 g/mol. The number of hydrogen-bond acceptors (Lipinski definition) is 5. The van der Waals surface area contributed by atoms with Gasteiger partial charge in [-0.15, -0.1) is 0 Å². The zero-order valence-electron chi connectivity index (χ0n) is 40.7. The Morgan fingerprint density at radius 2 is 0.820 bits per heavy atom. The van der Waals surface area contributed by atoms with Crippen molar-refractivity contribution in [2.24, 2.45) is 23.7 Å². The molecule has 3 aromatic rings. The summed E-state index contributed by atoms with van der Waals surface area (Å²) in [5.41, 5.74) is 3.87. The van der Waals surface area contributed by atoms with Crippen molar-refractivity contribution in [3.05, 3.63) is 42.5 Å². The predicted octanol–water partition coefficient (Wildman–Crippen LogP) is 17.2. The normalized spacial score (nSPS) is 12.6. The van der Waals surface area contributed by atoms with Gasteiger partial charge in [0.2, 0.25) is 0 Å². The number of aromatic nitrogens is 2. The lowest BCUT2D eigenvalue weighted by molar-refractivity contribution is 0.237. The Balaban J connectivity index is 1.70. The number of hydrogen-bond donors (Lipinski definition) is 1. The van der Waals surface area contributed by atoms with Crippen LogP contribution in [0.3, 0.4) is 0 Å². The van der Waals surface area contributed by atoms with E-state index in [0.717, 1.165) is 89.6 Å². The van der Waals surface area contributed by atoms with Crippen LogP contribution >= 0.6 is 0 Å². The highest BCUT2D eigenvalue weighted by Gasteiger charge is 2.15. The van der Waals surface area contributed by atoms with Gasteiger partial charge in [-0.1, -0.05) is 184 Å². The fraction of sp³-hybridized carbons (Fsp3) is 0.727. The molecular weight excluding hydrogens is 753 g/mol. The van der Waals surface area contributed by atoms with Crippen molar-refractivity contribution in [2.75, 3.05) is 26.4 Å². The van der Waals surface area contributed by atoms with E-state index in [-0.39, 0.29) is 0 Å². The Morgan fingerprint density at radius 3 is 1.31 bits per heavy atom. The Bertz CT molecular complexity index is 1520. The molecule has 1 N–H and O–H groups in total. The molecule has 2 atom stereocenters. The number of aromatic amines is 1. The van der Waals surface area contributed by atoms with Gasteiger partial charge in [0.1, 0.15) is 0 Å². The maximum absolute atomic E-state index is 6.53. The molecule has 0 radical (unpaired) electrons. The van der Waals surface area contributed by atoms with Gasteiger partial charge in [0, 0.05) is 11.1 Å². The molecule has 0 amide bonds. The van der Waals surface area contributed by atoms with Crippen LogP contribution in [0.4, 0.5) is 0 Å². The molecular formula is C55H92N2O4. The monoisotopic (exact) mass is 845 g/mol. The van der Waals surface area contributed by atoms with Crippen molar-refractivity contribution in [2.45, 2.75) is 209 Å². The topological polar surface area (TPSA) is 65.6 Å². The van der Waals surface area contributed by atoms with Crippen LogP contribution in [0.2, 0.25) is 0 Å². The third-order valence-electron chi connectivity index (χ3n) is 12.3. The summed E-state index contributed by atoms with van der Waals surface area (Å²) in [6, 6.07) is 14.8. The molecule has 0 aliphatic heterocycles. The van der Waals surface area contributed by atoms with Crippen molar-refractivity contribution in [3.63, 3.8) is 0 Å². The highest BCUT2D eigenvalue weighted by molar-refractivity contribution is 5.71. The SMILES string of the molecule is CCCCCCCCCCOc1ccc(-c2cc(-c3ccc(OCC[C@@H](C)CCCC(C)C)c(OCC[C@@H](C)CCCC(C)C)c3)n[nH]2)cc1OCCCCCCCCCC. The predicted molar refractivity (Wildman–Crippen MR) is 262 cm³/mol. The van der Waals surface area contributed by atoms with Gasteiger partial charge in [0.15, 0.2) is 23.0 Å². The van der Waals surface area contributed by atoms with Gasteiger partial charge in [0.25, 0.3) is 0 Å². The van der Waals surface area contributed by atoms with Gasteiger partial charge >= 0.3 is 0 Å². The second-order valence-electron chi connectivity index (χ2n) is 19.3. The summed E-state index contributed by atoms with van der Waals surface area (Å²) in [7, 11) is 0. The molecule has 0 spiro atoms. The molecule has 2 aromatic carbocycles. The van der Waals surface area contributed by atoms with Gasteiger partial charge in [0.05, 0.1) is 37.8 Å². The molecule has 61 heavy (non-hydrogen) atoms. The van der Waals surface area contributed by atoms with Crippen molar-refractivity contribution in [1.82, 2.24) is 10.2 Å². The molecule has 0 fully saturated rings. The first kappa shape index (κ1) is 52.2. The fourth-order valence-electron chi connectivity index (χ4n) is 8.04. The molecule has 0 aliphatic rings. The van der Waals surface area contributed by atoms with Crippen LogP contribution in [0.25, 0.3) is 22.5 Å². The van der Waals surface area contributed by atoms with Gasteiger partial charge in [-0.05, 0) is 91.8 Å². The Hall–Kier alpha value is -3.15. The first-order valence-corrected chi connectivity index (χ1v) is 25.5. The standard InChI is InChI=1S/C55H92N2O4/c1-9-11-13-15-17-19-21-23-37-58-52-33-31-48(41-54(52)59-38-24-22-20-18-16-14-12-10-2)50-43-51(57-56-50)49-32-34-53(60-39-35-46(7)29-25-27-44(3)4)55(42-49)61-40-36-47(8)30-26-28-45(5)6/h31-34,41-47H,9-30,35-40H2,1-8H3,(H,56,57)/t46-,47-/m0/s1. The third-order valence-corrected chi connectivity index (χ3v) is 12.3. The summed E-state index contributed by atoms with van der Waals surface area (Å²) in [5, 5.41) is 8.13. The van der Waals surface area contributed by atoms with Gasteiger partial charge < -0.3 is 18.9 Å². The Morgan fingerprint density at radius 1 is 0.410 bits per heavy atom. The van der Waals surface area contributed by atoms with E-state index in [4.69, 9.17) is 24.0 Å². The number of nitrogens with zero attached hydrogens (tertiary/aromatic N) is 1. The van der Waals surface area contributed by atoms with E-state index in [1.807, 2.05) is 0 Å². The Kier molecular flexibility index (Phi) is 27.8. The van der Waals surface area contributed by atoms with Gasteiger partial charge in [-0.25, -0.2) is 0 Å². The minimum Gasteiger partial charge on any atom is -0.490 e. The second-order valence-corrected chi connectivity index (χ2v) is 19.3. The zero-order valence-corrected chi connectivity index (χ0v) is 40.7. The van der Waals surface area contributed by atoms with Crippen molar-refractivity contribution in [3.8, 4) is 45.5 Å². The van der Waals surface area contributed by atoms with E-state index in [1.54, 1.807) is 0 Å². The summed E-state index contributed by atoms with van der Waals surface area (Å²) in [5.74, 6) is 6.07. The van der Waals surface area contributed by atoms with E-state index >= 15 is 0 Å². The van der Waals surface area contributed by atoms with Crippen LogP contribution in [0.15, 0.2) is 42.5 Å². The number of benzene rings is 2. The van der Waals surface area contributed by atoms with E-state index in [9.17, 15) is 0 Å². The largest absolute Gasteiger partial charge is 0.490 e. The molecule has 6 heteroatoms. The minimum atomic E-state index is 0.628. The fourth-order valence-corrected chi connectivity index (χ4v) is 8.04. The molecule has 0 saturated carbocycles. The second kappa shape index (κ2) is 32.5. The van der Waals surface area contributed by atoms with Crippen LogP contribution in [0.1, 0.15) is 209 Å². The molecule has 0 saturated heterocycles. The number of rotatable bonds is 38. The van der Waals surface area contributed by atoms with Crippen LogP contribution < -0.4 is 18.9 Å². The highest BCUT2D eigenvalue weighted by atomic mass is 16.5. The van der Waals surface area contributed by atoms with Crippen LogP contribution in [-0.2, 0) is 0 Å². The molecule has 0 unspecified atom stereocenters. The quantitative estimate of drug-likeness (QED) is 0.0582. The van der Waals surface area contributed by atoms with E-state index < -0.39 is 0 Å². The number of unbranched alkanes of at least 4 members (excludes halogenated alkanes) is 14. The molecule has 0 bridgehead atoms. The first-order valence-electron chi connectivity index (χ1n) is 25.5. The molecule has 1 aromatic heterocycles. The molecule has 0 aliphatic carbocycles. The summed E-state index contributed by atoms with van der Waals surface area (Å²) < 4.78 is 25.8. The van der Waals surface area contributed by atoms with Gasteiger partial charge in [-0.3, -0.25) is 5.10 Å². The lowest BCUT2D eigenvalue weighted by Gasteiger charge is -2.17. The minimum absolute atomic E-state index is 0.628. The smallest absolute Gasteiger partial charge is 0.161 e. The van der Waals surface area contributed by atoms with Crippen molar-refractivity contribution < 1.29 is 18.9 Å². The molecule has 1 heterocycles. The van der Waals surface area contributed by atoms with Crippen LogP contribution in [-0.4, -0.2) is 36.6 Å². The van der Waals surface area contributed by atoms with Crippen LogP contribution in [0.5, 0.6) is 23.0 Å². The molecule has 6 nitrogen and oxygen atoms in total. The van der Waals surface area contributed by atoms with Crippen molar-refractivity contribution in [1.29, 1.82) is 0 Å². The van der Waals surface area contributed by atoms with Gasteiger partial charge in [-0.2, -0.15) is 5.10 Å². The lowest BCUT2D eigenvalue weighted by atomic mass is 9.97. The van der Waals surface area contributed by atoms with E-state index in [0.29, 0.717) is 31.7 Å². The highest BCUT2D eigenvalue weighted by Crippen LogP contribution is 2.37. The van der Waals surface area contributed by atoms with E-state index in [2.05, 4.69) is 103 Å². The maximum Gasteiger partial charge on any atom is 0.161 e. The average Bonchev–Trinajstić information content (AvgIpc) is 3.73. The number of ether oxygens (including phenoxy) is 4. The van der Waals surface area contributed by atoms with Crippen molar-refractivity contribution >= 4 is 0 Å². The number of nitrogens with one attached hydrogen (secondary N) is 1. The zero-order chi connectivity index (χ0) is 43.9. The first-order chi connectivity index (χ1) is 29.7. The lowest BCUT2D eigenvalue weighted by Crippen LogP contribution is -2.08. The summed E-state index contributed by atoms with van der Waals surface area (Å²) in [4.78, 5) is 0. The summed E-state index contributed by atoms with van der Waals surface area (Å²) >= 11 is 0. The van der Waals surface area contributed by atoms with E-state index in [1.165, 1.54) is 128 Å². The summed E-state index contributed by atoms with van der Waals surface area (Å²) in [6.45, 7) is 21.3. The molecule has 346 valence electrons. The Labute approximate surface area is 375 Å². The third kappa shape index (κ3) is 23.2. The van der Waals surface area contributed by atoms with Crippen LogP contribution in [0, 0.1) is 23.7 Å².